The van der Waals surface area contributed by atoms with Crippen LogP contribution in [0.4, 0.5) is 34.1 Å². The fraction of sp³-hybridized carbons (Fsp3) is 0.0727. The molecule has 7 heteroatoms. The van der Waals surface area contributed by atoms with Crippen LogP contribution in [0.1, 0.15) is 52.7 Å². The highest BCUT2D eigenvalue weighted by Gasteiger charge is 2.52. The van der Waals surface area contributed by atoms with Crippen LogP contribution in [-0.2, 0) is 10.8 Å². The summed E-state index contributed by atoms with van der Waals surface area (Å²) >= 11 is 0. The van der Waals surface area contributed by atoms with Crippen LogP contribution in [0, 0.1) is 0 Å². The van der Waals surface area contributed by atoms with E-state index in [0.717, 1.165) is 157 Å². The molecule has 0 radical (unpaired) electrons. The van der Waals surface area contributed by atoms with E-state index in [0.29, 0.717) is 0 Å². The third-order valence-electron chi connectivity index (χ3n) is 24.8. The normalized spacial score (nSPS) is 12.9. The van der Waals surface area contributed by atoms with Crippen molar-refractivity contribution in [1.29, 1.82) is 0 Å². The smallest absolute Gasteiger partial charge is 0.260 e. The van der Waals surface area contributed by atoms with E-state index in [4.69, 9.17) is 9.47 Å². The molecule has 0 aliphatic carbocycles. The van der Waals surface area contributed by atoms with E-state index in [-0.39, 0.29) is 10.8 Å². The molecular formula is C110H84B2N2O2Si. The minimum atomic E-state index is -3.07. The zero-order valence-corrected chi connectivity index (χ0v) is 67.5. The highest BCUT2D eigenvalue weighted by Crippen LogP contribution is 2.56. The van der Waals surface area contributed by atoms with E-state index in [1.165, 1.54) is 42.8 Å². The van der Waals surface area contributed by atoms with Gasteiger partial charge in [-0.2, -0.15) is 0 Å². The molecule has 0 aromatic heterocycles. The van der Waals surface area contributed by atoms with Crippen LogP contribution in [0.5, 0.6) is 23.0 Å². The number of nitrogens with zero attached hydrogens (tertiary/aromatic N) is 2. The molecule has 117 heavy (non-hydrogen) atoms. The summed E-state index contributed by atoms with van der Waals surface area (Å²) in [5.41, 5.74) is 30.3. The van der Waals surface area contributed by atoms with Gasteiger partial charge >= 0.3 is 0 Å². The molecule has 4 aliphatic rings. The molecule has 0 bridgehead atoms. The van der Waals surface area contributed by atoms with Gasteiger partial charge in [-0.15, -0.1) is 0 Å². The number of hydrogen-bond acceptors (Lipinski definition) is 4. The largest absolute Gasteiger partial charge is 0.459 e. The molecule has 17 aromatic rings. The molecule has 4 nitrogen and oxygen atoms in total. The number of ether oxygens (including phenoxy) is 2. The quantitative estimate of drug-likeness (QED) is 0.0848. The molecule has 556 valence electrons. The van der Waals surface area contributed by atoms with Crippen molar-refractivity contribution in [1.82, 2.24) is 0 Å². The lowest BCUT2D eigenvalue weighted by atomic mass is 9.30. The minimum Gasteiger partial charge on any atom is -0.459 e. The van der Waals surface area contributed by atoms with E-state index in [2.05, 4.69) is 452 Å². The van der Waals surface area contributed by atoms with Gasteiger partial charge in [0.1, 0.15) is 23.0 Å². The van der Waals surface area contributed by atoms with Gasteiger partial charge in [-0.25, -0.2) is 0 Å². The molecule has 21 rings (SSSR count). The van der Waals surface area contributed by atoms with Crippen molar-refractivity contribution in [2.45, 2.75) is 52.4 Å². The van der Waals surface area contributed by atoms with Gasteiger partial charge in [0.25, 0.3) is 13.4 Å². The molecule has 0 N–H and O–H groups in total. The van der Waals surface area contributed by atoms with Crippen LogP contribution < -0.4 is 72.8 Å². The average Bonchev–Trinajstić information content (AvgIpc) is 0.674. The van der Waals surface area contributed by atoms with E-state index in [1.807, 2.05) is 0 Å². The number of anilines is 6. The number of para-hydroxylation sites is 2. The number of rotatable bonds is 13. The van der Waals surface area contributed by atoms with Crippen LogP contribution in [0.3, 0.4) is 0 Å². The van der Waals surface area contributed by atoms with Gasteiger partial charge in [0.2, 0.25) is 0 Å². The standard InChI is InChI=1S/C110H84B2N2O2Si/c1-109(2,3)82-62-63-93-96(69-82)113(105-88(75-41-20-9-21-42-75)57-35-58-89(105)76-43-22-10-23-44-76)97-70-83(110(4,5)6)71-98-102(97)112(93)103-99(114(98)106-90(77-45-24-11-25-46-77)59-36-60-91(106)78-47-26-12-27-48-78)72-101-104-108(103)115-100-64-61-79(73-37-16-7-17-38-73)67-94(100)111(104)95-68-81(74-39-18-8-19-40-74)66-92(107(95)116-101)80-49-34-56-87(65-80)117(84-50-28-13-29-51-84,85-52-30-14-31-53-85)86-54-32-15-33-55-86/h7-72H,1-6H3. The lowest BCUT2D eigenvalue weighted by molar-refractivity contribution is 0.468. The lowest BCUT2D eigenvalue weighted by Gasteiger charge is -2.48. The second-order valence-electron chi connectivity index (χ2n) is 33.7. The molecule has 0 saturated carbocycles. The van der Waals surface area contributed by atoms with Crippen molar-refractivity contribution in [3.05, 3.63) is 412 Å². The summed E-state index contributed by atoms with van der Waals surface area (Å²) in [6.07, 6.45) is 0. The van der Waals surface area contributed by atoms with Gasteiger partial charge in [-0.05, 0) is 150 Å². The number of hydrogen-bond donors (Lipinski definition) is 0. The molecular weight excluding hydrogens is 1430 g/mol. The van der Waals surface area contributed by atoms with Crippen molar-refractivity contribution in [2.24, 2.45) is 0 Å². The monoisotopic (exact) mass is 1510 g/mol. The average molecular weight is 1520 g/mol. The summed E-state index contributed by atoms with van der Waals surface area (Å²) < 4.78 is 16.7. The summed E-state index contributed by atoms with van der Waals surface area (Å²) in [6, 6.07) is 150. The first-order valence-corrected chi connectivity index (χ1v) is 43.0. The third-order valence-corrected chi connectivity index (χ3v) is 29.6. The maximum atomic E-state index is 8.37. The summed E-state index contributed by atoms with van der Waals surface area (Å²) in [6.45, 7) is 13.4. The molecule has 0 spiro atoms. The molecule has 0 fully saturated rings. The Kier molecular flexibility index (Phi) is 17.2. The van der Waals surface area contributed by atoms with Gasteiger partial charge in [0.05, 0.1) is 11.4 Å². The van der Waals surface area contributed by atoms with E-state index in [9.17, 15) is 0 Å². The Labute approximate surface area is 688 Å². The van der Waals surface area contributed by atoms with E-state index < -0.39 is 21.5 Å². The van der Waals surface area contributed by atoms with Crippen LogP contribution in [0.25, 0.3) is 77.9 Å². The van der Waals surface area contributed by atoms with Crippen LogP contribution in [0.2, 0.25) is 0 Å². The van der Waals surface area contributed by atoms with Crippen molar-refractivity contribution in [2.75, 3.05) is 9.80 Å². The molecule has 0 saturated heterocycles. The van der Waals surface area contributed by atoms with Crippen LogP contribution in [0.15, 0.2) is 400 Å². The Morgan fingerprint density at radius 3 is 1.09 bits per heavy atom. The summed E-state index contributed by atoms with van der Waals surface area (Å²) in [7, 11) is -3.07. The summed E-state index contributed by atoms with van der Waals surface area (Å²) in [4.78, 5) is 5.34. The molecule has 0 amide bonds. The lowest BCUT2D eigenvalue weighted by Crippen LogP contribution is -2.74. The predicted molar refractivity (Wildman–Crippen MR) is 497 cm³/mol. The van der Waals surface area contributed by atoms with Gasteiger partial charge in [-0.1, -0.05) is 406 Å². The highest BCUT2D eigenvalue weighted by atomic mass is 28.3. The van der Waals surface area contributed by atoms with E-state index in [1.54, 1.807) is 0 Å². The zero-order valence-electron chi connectivity index (χ0n) is 66.5. The first-order chi connectivity index (χ1) is 57.3. The Balaban J connectivity index is 0.913. The Bertz CT molecular complexity index is 6480. The maximum Gasteiger partial charge on any atom is 0.260 e. The first-order valence-electron chi connectivity index (χ1n) is 41.0. The molecule has 17 aromatic carbocycles. The van der Waals surface area contributed by atoms with Gasteiger partial charge in [0.15, 0.2) is 8.07 Å². The molecule has 4 heterocycles. The van der Waals surface area contributed by atoms with Crippen molar-refractivity contribution in [3.63, 3.8) is 0 Å². The van der Waals surface area contributed by atoms with E-state index >= 15 is 0 Å². The Morgan fingerprint density at radius 1 is 0.231 bits per heavy atom. The van der Waals surface area contributed by atoms with Crippen molar-refractivity contribution in [3.8, 4) is 101 Å². The van der Waals surface area contributed by atoms with Gasteiger partial charge in [0, 0.05) is 62.1 Å². The second-order valence-corrected chi connectivity index (χ2v) is 37.5. The SMILES string of the molecule is CC(C)(C)c1ccc2c(c1)N(c1c(-c3ccccc3)cccc1-c1ccccc1)c1cc(C(C)(C)C)cc3c1B2c1c(cc2c4c1Oc1ccc(-c5ccccc5)cc1B4c1cc(-c4ccccc4)cc(-c4cccc([Si](c5ccccc5)(c5ccccc5)c5ccccc5)c4)c1O2)N3c1c(-c2ccccc2)cccc1-c1ccccc1. The number of fused-ring (bicyclic) bond motifs is 9. The fourth-order valence-corrected chi connectivity index (χ4v) is 24.1. The van der Waals surface area contributed by atoms with Crippen LogP contribution in [-0.4, -0.2) is 21.5 Å². The predicted octanol–water partition coefficient (Wildman–Crippen LogP) is 22.1. The van der Waals surface area contributed by atoms with Crippen molar-refractivity contribution >= 4 is 109 Å². The molecule has 4 aliphatic heterocycles. The fourth-order valence-electron chi connectivity index (χ4n) is 19.3. The second kappa shape index (κ2) is 28.4. The number of benzene rings is 17. The Morgan fingerprint density at radius 2 is 0.615 bits per heavy atom. The van der Waals surface area contributed by atoms with Gasteiger partial charge in [-0.3, -0.25) is 0 Å². The third kappa shape index (κ3) is 11.9. The molecule has 0 atom stereocenters. The summed E-state index contributed by atoms with van der Waals surface area (Å²) in [5, 5.41) is 5.20. The maximum absolute atomic E-state index is 8.37. The van der Waals surface area contributed by atoms with Crippen molar-refractivity contribution < 1.29 is 9.47 Å². The highest BCUT2D eigenvalue weighted by molar-refractivity contribution is 7.20. The zero-order chi connectivity index (χ0) is 78.7. The van der Waals surface area contributed by atoms with Gasteiger partial charge < -0.3 is 19.3 Å². The minimum absolute atomic E-state index is 0.235. The first kappa shape index (κ1) is 71.1. The topological polar surface area (TPSA) is 24.9 Å². The summed E-state index contributed by atoms with van der Waals surface area (Å²) in [5.74, 6) is 3.16. The molecule has 0 unspecified atom stereocenters. The van der Waals surface area contributed by atoms with Crippen LogP contribution >= 0.6 is 0 Å². The Hall–Kier alpha value is -13.7.